The molecule has 2 atom stereocenters. The van der Waals surface area contributed by atoms with Gasteiger partial charge in [-0.25, -0.2) is 17.8 Å². The Morgan fingerprint density at radius 2 is 1.74 bits per heavy atom. The average molecular weight is 607 g/mol. The van der Waals surface area contributed by atoms with Crippen LogP contribution < -0.4 is 10.0 Å². The molecule has 5 rings (SSSR count). The Labute approximate surface area is 248 Å². The summed E-state index contributed by atoms with van der Waals surface area (Å²) in [7, 11) is -2.33. The van der Waals surface area contributed by atoms with Crippen LogP contribution in [0.5, 0.6) is 0 Å². The molecule has 0 aliphatic rings. The van der Waals surface area contributed by atoms with Crippen molar-refractivity contribution in [3.8, 4) is 11.3 Å². The summed E-state index contributed by atoms with van der Waals surface area (Å²) >= 11 is 0. The van der Waals surface area contributed by atoms with E-state index in [0.29, 0.717) is 59.4 Å². The summed E-state index contributed by atoms with van der Waals surface area (Å²) in [6, 6.07) is 20.9. The van der Waals surface area contributed by atoms with E-state index >= 15 is 0 Å². The molecular weight excluding hydrogens is 575 g/mol. The van der Waals surface area contributed by atoms with Crippen LogP contribution in [0.4, 0.5) is 10.1 Å². The van der Waals surface area contributed by atoms with Crippen LogP contribution in [0.25, 0.3) is 11.3 Å². The Bertz CT molecular complexity index is 1740. The number of aliphatic hydroxyl groups is 1. The second kappa shape index (κ2) is 13.3. The van der Waals surface area contributed by atoms with Crippen LogP contribution in [-0.4, -0.2) is 43.9 Å². The molecule has 224 valence electrons. The number of hydrogen-bond acceptors (Lipinski definition) is 9. The predicted octanol–water partition coefficient (Wildman–Crippen LogP) is 5.18. The Balaban J connectivity index is 1.15. The molecule has 5 aromatic rings. The van der Waals surface area contributed by atoms with E-state index in [0.717, 1.165) is 5.56 Å². The van der Waals surface area contributed by atoms with Gasteiger partial charge in [0.05, 0.1) is 16.8 Å². The van der Waals surface area contributed by atoms with E-state index in [4.69, 9.17) is 13.7 Å². The lowest BCUT2D eigenvalue weighted by atomic mass is 10.1. The second-order valence-electron chi connectivity index (χ2n) is 9.90. The normalized spacial score (nSPS) is 13.1. The molecule has 3 aromatic carbocycles. The van der Waals surface area contributed by atoms with Crippen molar-refractivity contribution in [2.75, 3.05) is 24.9 Å². The highest BCUT2D eigenvalue weighted by atomic mass is 32.2. The molecule has 0 saturated heterocycles. The molecule has 0 bridgehead atoms. The van der Waals surface area contributed by atoms with Gasteiger partial charge in [0.1, 0.15) is 11.9 Å². The second-order valence-corrected chi connectivity index (χ2v) is 11.6. The molecule has 12 heteroatoms. The standard InChI is InChI=1S/C31H31FN4O6S/c1-20-17-28(42-35-20)27(37)18-33-16-15-21-3-11-25(12-4-21)36-43(38,39)26-13-7-22(8-14-26)29-19-34-31(41-29)30(40-2)23-5-9-24(32)10-6-23/h3-14,17,19,27,30,33,36-37H,15-16,18H2,1-2H3. The number of benzene rings is 3. The van der Waals surface area contributed by atoms with E-state index in [1.165, 1.54) is 37.6 Å². The van der Waals surface area contributed by atoms with E-state index < -0.39 is 22.2 Å². The number of nitrogens with one attached hydrogen (secondary N) is 2. The molecule has 0 amide bonds. The molecule has 3 N–H and O–H groups in total. The van der Waals surface area contributed by atoms with E-state index in [9.17, 15) is 17.9 Å². The predicted molar refractivity (Wildman–Crippen MR) is 157 cm³/mol. The number of nitrogens with zero attached hydrogens (tertiary/aromatic N) is 2. The maximum Gasteiger partial charge on any atom is 0.261 e. The van der Waals surface area contributed by atoms with Crippen LogP contribution in [-0.2, 0) is 21.2 Å². The maximum absolute atomic E-state index is 13.3. The molecule has 0 aliphatic carbocycles. The van der Waals surface area contributed by atoms with Crippen molar-refractivity contribution in [3.63, 3.8) is 0 Å². The first-order valence-electron chi connectivity index (χ1n) is 13.5. The van der Waals surface area contributed by atoms with Crippen molar-refractivity contribution in [1.29, 1.82) is 0 Å². The van der Waals surface area contributed by atoms with Gasteiger partial charge < -0.3 is 24.1 Å². The van der Waals surface area contributed by atoms with Crippen molar-refractivity contribution in [2.45, 2.75) is 30.4 Å². The van der Waals surface area contributed by atoms with Gasteiger partial charge in [0.15, 0.2) is 17.6 Å². The number of halogens is 1. The van der Waals surface area contributed by atoms with Gasteiger partial charge in [0.25, 0.3) is 10.0 Å². The van der Waals surface area contributed by atoms with Gasteiger partial charge in [-0.15, -0.1) is 0 Å². The third-order valence-corrected chi connectivity index (χ3v) is 8.11. The first-order chi connectivity index (χ1) is 20.7. The van der Waals surface area contributed by atoms with E-state index in [-0.39, 0.29) is 10.7 Å². The summed E-state index contributed by atoms with van der Waals surface area (Å²) < 4.78 is 58.4. The number of aromatic nitrogens is 2. The van der Waals surface area contributed by atoms with Gasteiger partial charge in [-0.3, -0.25) is 4.72 Å². The smallest absolute Gasteiger partial charge is 0.261 e. The lowest BCUT2D eigenvalue weighted by Gasteiger charge is -2.12. The molecule has 0 saturated carbocycles. The molecule has 0 fully saturated rings. The number of anilines is 1. The molecular formula is C31H31FN4O6S. The van der Waals surface area contributed by atoms with Crippen molar-refractivity contribution in [2.24, 2.45) is 0 Å². The van der Waals surface area contributed by atoms with Gasteiger partial charge in [-0.2, -0.15) is 0 Å². The highest BCUT2D eigenvalue weighted by molar-refractivity contribution is 7.92. The zero-order valence-electron chi connectivity index (χ0n) is 23.5. The molecule has 0 spiro atoms. The summed E-state index contributed by atoms with van der Waals surface area (Å²) in [5, 5.41) is 17.1. The van der Waals surface area contributed by atoms with Crippen LogP contribution >= 0.6 is 0 Å². The van der Waals surface area contributed by atoms with Crippen LogP contribution in [0.15, 0.2) is 98.9 Å². The third-order valence-electron chi connectivity index (χ3n) is 6.71. The van der Waals surface area contributed by atoms with Gasteiger partial charge in [0.2, 0.25) is 5.89 Å². The molecule has 43 heavy (non-hydrogen) atoms. The SMILES string of the molecule is COC(c1ccc(F)cc1)c1ncc(-c2ccc(S(=O)(=O)Nc3ccc(CCNCC(O)c4cc(C)no4)cc3)cc2)o1. The minimum atomic E-state index is -3.83. The summed E-state index contributed by atoms with van der Waals surface area (Å²) in [5.41, 5.74) is 3.47. The molecule has 2 aromatic heterocycles. The molecule has 0 radical (unpaired) electrons. The average Bonchev–Trinajstić information content (AvgIpc) is 3.67. The number of ether oxygens (including phenoxy) is 1. The quantitative estimate of drug-likeness (QED) is 0.155. The van der Waals surface area contributed by atoms with Gasteiger partial charge in [0, 0.05) is 31.0 Å². The summed E-state index contributed by atoms with van der Waals surface area (Å²) in [6.07, 6.45) is 0.817. The zero-order valence-corrected chi connectivity index (χ0v) is 24.3. The van der Waals surface area contributed by atoms with E-state index in [1.807, 2.05) is 12.1 Å². The van der Waals surface area contributed by atoms with Gasteiger partial charge in [-0.1, -0.05) is 29.4 Å². The van der Waals surface area contributed by atoms with Gasteiger partial charge >= 0.3 is 0 Å². The minimum absolute atomic E-state index is 0.0888. The maximum atomic E-state index is 13.3. The number of methoxy groups -OCH3 is 1. The van der Waals surface area contributed by atoms with Crippen LogP contribution in [0, 0.1) is 12.7 Å². The summed E-state index contributed by atoms with van der Waals surface area (Å²) in [6.45, 7) is 2.74. The van der Waals surface area contributed by atoms with Crippen LogP contribution in [0.2, 0.25) is 0 Å². The monoisotopic (exact) mass is 606 g/mol. The first-order valence-corrected chi connectivity index (χ1v) is 15.0. The van der Waals surface area contributed by atoms with Crippen LogP contribution in [0.1, 0.15) is 40.7 Å². The van der Waals surface area contributed by atoms with E-state index in [1.54, 1.807) is 49.4 Å². The first kappa shape index (κ1) is 30.1. The zero-order chi connectivity index (χ0) is 30.4. The fourth-order valence-corrected chi connectivity index (χ4v) is 5.48. The van der Waals surface area contributed by atoms with Crippen LogP contribution in [0.3, 0.4) is 0 Å². The Kier molecular flexibility index (Phi) is 9.31. The third kappa shape index (κ3) is 7.54. The van der Waals surface area contributed by atoms with Crippen molar-refractivity contribution in [3.05, 3.63) is 119 Å². The lowest BCUT2D eigenvalue weighted by Crippen LogP contribution is -2.23. The van der Waals surface area contributed by atoms with Crippen molar-refractivity contribution >= 4 is 15.7 Å². The Morgan fingerprint density at radius 1 is 1.02 bits per heavy atom. The highest BCUT2D eigenvalue weighted by Crippen LogP contribution is 2.30. The number of oxazole rings is 1. The topological polar surface area (TPSA) is 140 Å². The van der Waals surface area contributed by atoms with Crippen molar-refractivity contribution < 1.29 is 31.6 Å². The lowest BCUT2D eigenvalue weighted by molar-refractivity contribution is 0.112. The number of aryl methyl sites for hydroxylation is 1. The largest absolute Gasteiger partial charge is 0.437 e. The molecule has 2 unspecified atom stereocenters. The Morgan fingerprint density at radius 3 is 2.40 bits per heavy atom. The minimum Gasteiger partial charge on any atom is -0.437 e. The fourth-order valence-electron chi connectivity index (χ4n) is 4.42. The number of rotatable bonds is 13. The molecule has 2 heterocycles. The number of aliphatic hydroxyl groups excluding tert-OH is 1. The molecule has 10 nitrogen and oxygen atoms in total. The fraction of sp³-hybridized carbons (Fsp3) is 0.226. The van der Waals surface area contributed by atoms with E-state index in [2.05, 4.69) is 20.2 Å². The number of hydrogen-bond donors (Lipinski definition) is 3. The summed E-state index contributed by atoms with van der Waals surface area (Å²) in [4.78, 5) is 4.39. The Hall–Kier alpha value is -4.36. The summed E-state index contributed by atoms with van der Waals surface area (Å²) in [5.74, 6) is 0.789. The molecule has 0 aliphatic heterocycles. The van der Waals surface area contributed by atoms with Gasteiger partial charge in [-0.05, 0) is 79.5 Å². The number of sulfonamides is 1. The van der Waals surface area contributed by atoms with Crippen molar-refractivity contribution in [1.82, 2.24) is 15.5 Å². The highest BCUT2D eigenvalue weighted by Gasteiger charge is 2.21.